The predicted molar refractivity (Wildman–Crippen MR) is 80.7 cm³/mol. The first-order valence-electron chi connectivity index (χ1n) is 7.18. The number of hydrogen-bond acceptors (Lipinski definition) is 0. The van der Waals surface area contributed by atoms with Crippen molar-refractivity contribution in [2.45, 2.75) is 26.3 Å². The quantitative estimate of drug-likeness (QED) is 0.667. The fraction of sp³-hybridized carbons (Fsp3) is 0.389. The van der Waals surface area contributed by atoms with Crippen molar-refractivity contribution in [1.29, 1.82) is 0 Å². The van der Waals surface area contributed by atoms with Gasteiger partial charge in [0.15, 0.2) is 11.8 Å². The minimum atomic E-state index is 0.503. The molecule has 0 saturated carbocycles. The maximum Gasteiger partial charge on any atom is 0.183 e. The molecule has 3 unspecified atom stereocenters. The molecule has 1 aromatic carbocycles. The summed E-state index contributed by atoms with van der Waals surface area (Å²) in [4.78, 5) is 0. The fourth-order valence-corrected chi connectivity index (χ4v) is 3.66. The number of benzene rings is 1. The van der Waals surface area contributed by atoms with E-state index in [2.05, 4.69) is 74.0 Å². The van der Waals surface area contributed by atoms with Crippen LogP contribution < -0.4 is 0 Å². The van der Waals surface area contributed by atoms with E-state index in [0.29, 0.717) is 17.9 Å². The molecule has 3 rings (SSSR count). The van der Waals surface area contributed by atoms with Crippen LogP contribution >= 0.6 is 0 Å². The molecule has 0 bridgehead atoms. The van der Waals surface area contributed by atoms with E-state index in [1.165, 1.54) is 23.3 Å². The monoisotopic (exact) mass is 252 g/mol. The van der Waals surface area contributed by atoms with Crippen LogP contribution in [-0.2, 0) is 0 Å². The minimum absolute atomic E-state index is 0.503. The maximum atomic E-state index is 2.49. The Bertz CT molecular complexity index is 577. The molecule has 2 aliphatic rings. The van der Waals surface area contributed by atoms with Crippen molar-refractivity contribution < 1.29 is 4.58 Å². The first-order chi connectivity index (χ1) is 9.18. The van der Waals surface area contributed by atoms with Gasteiger partial charge in [-0.15, -0.1) is 0 Å². The third kappa shape index (κ3) is 2.07. The van der Waals surface area contributed by atoms with Gasteiger partial charge in [-0.2, -0.15) is 0 Å². The third-order valence-corrected chi connectivity index (χ3v) is 4.60. The Morgan fingerprint density at radius 1 is 1.16 bits per heavy atom. The van der Waals surface area contributed by atoms with Crippen LogP contribution in [0.25, 0.3) is 0 Å². The van der Waals surface area contributed by atoms with Gasteiger partial charge in [0.1, 0.15) is 7.05 Å². The second kappa shape index (κ2) is 4.80. The van der Waals surface area contributed by atoms with E-state index < -0.39 is 0 Å². The van der Waals surface area contributed by atoms with Crippen LogP contribution in [0.15, 0.2) is 48.6 Å². The zero-order valence-corrected chi connectivity index (χ0v) is 12.0. The van der Waals surface area contributed by atoms with E-state index in [1.807, 2.05) is 0 Å². The Morgan fingerprint density at radius 3 is 2.74 bits per heavy atom. The molecular formula is C18H22N+. The standard InChI is InChI=1S/C18H22N/c1-13-8-4-6-10-16(13)18-14(2)12-15-9-5-7-11-17(15)19(18)3/h4-11,14-15,18H,12H2,1-3H3/q+1. The summed E-state index contributed by atoms with van der Waals surface area (Å²) in [5, 5.41) is 0. The molecule has 0 N–H and O–H groups in total. The van der Waals surface area contributed by atoms with Gasteiger partial charge in [0.25, 0.3) is 0 Å². The summed E-state index contributed by atoms with van der Waals surface area (Å²) in [5.74, 6) is 1.28. The van der Waals surface area contributed by atoms with Gasteiger partial charge in [0.05, 0.1) is 5.92 Å². The van der Waals surface area contributed by atoms with E-state index in [-0.39, 0.29) is 0 Å². The van der Waals surface area contributed by atoms with E-state index in [4.69, 9.17) is 0 Å². The van der Waals surface area contributed by atoms with Gasteiger partial charge in [-0.25, -0.2) is 4.58 Å². The molecule has 3 atom stereocenters. The van der Waals surface area contributed by atoms with Crippen molar-refractivity contribution in [1.82, 2.24) is 0 Å². The molecule has 0 radical (unpaired) electrons. The molecule has 98 valence electrons. The second-order valence-corrected chi connectivity index (χ2v) is 5.90. The molecule has 0 aromatic heterocycles. The largest absolute Gasteiger partial charge is 0.228 e. The first kappa shape index (κ1) is 12.4. The van der Waals surface area contributed by atoms with Crippen molar-refractivity contribution in [3.05, 3.63) is 59.7 Å². The molecule has 0 saturated heterocycles. The lowest BCUT2D eigenvalue weighted by molar-refractivity contribution is -0.560. The van der Waals surface area contributed by atoms with Gasteiger partial charge in [-0.3, -0.25) is 0 Å². The van der Waals surface area contributed by atoms with Crippen molar-refractivity contribution in [3.8, 4) is 0 Å². The van der Waals surface area contributed by atoms with Crippen LogP contribution in [0.1, 0.15) is 30.5 Å². The van der Waals surface area contributed by atoms with Crippen LogP contribution in [-0.4, -0.2) is 17.3 Å². The van der Waals surface area contributed by atoms with E-state index in [9.17, 15) is 0 Å². The van der Waals surface area contributed by atoms with Crippen molar-refractivity contribution in [2.24, 2.45) is 11.8 Å². The van der Waals surface area contributed by atoms with Gasteiger partial charge in [-0.1, -0.05) is 49.4 Å². The number of allylic oxidation sites excluding steroid dienone is 4. The summed E-state index contributed by atoms with van der Waals surface area (Å²) in [6, 6.07) is 9.31. The number of nitrogens with zero attached hydrogens (tertiary/aromatic N) is 1. The summed E-state index contributed by atoms with van der Waals surface area (Å²) in [6.45, 7) is 4.61. The van der Waals surface area contributed by atoms with Crippen molar-refractivity contribution >= 4 is 5.71 Å². The highest BCUT2D eigenvalue weighted by molar-refractivity contribution is 5.95. The Morgan fingerprint density at radius 2 is 1.95 bits per heavy atom. The van der Waals surface area contributed by atoms with Gasteiger partial charge >= 0.3 is 0 Å². The Hall–Kier alpha value is -1.63. The Kier molecular flexibility index (Phi) is 3.14. The highest BCUT2D eigenvalue weighted by Gasteiger charge is 2.39. The fourth-order valence-electron chi connectivity index (χ4n) is 3.66. The van der Waals surface area contributed by atoms with Crippen LogP contribution in [0, 0.1) is 18.8 Å². The summed E-state index contributed by atoms with van der Waals surface area (Å²) < 4.78 is 2.49. The smallest absolute Gasteiger partial charge is 0.183 e. The van der Waals surface area contributed by atoms with E-state index in [1.54, 1.807) is 0 Å². The lowest BCUT2D eigenvalue weighted by Gasteiger charge is -2.31. The lowest BCUT2D eigenvalue weighted by Crippen LogP contribution is -2.37. The average molecular weight is 252 g/mol. The topological polar surface area (TPSA) is 3.01 Å². The molecule has 1 nitrogen and oxygen atoms in total. The summed E-state index contributed by atoms with van der Waals surface area (Å²) in [5.41, 5.74) is 4.35. The summed E-state index contributed by atoms with van der Waals surface area (Å²) in [6.07, 6.45) is 10.2. The predicted octanol–water partition coefficient (Wildman–Crippen LogP) is 3.90. The molecule has 1 heterocycles. The number of aryl methyl sites for hydroxylation is 1. The van der Waals surface area contributed by atoms with Gasteiger partial charge in [-0.05, 0) is 18.9 Å². The molecular weight excluding hydrogens is 230 g/mol. The van der Waals surface area contributed by atoms with E-state index in [0.717, 1.165) is 0 Å². The number of rotatable bonds is 1. The zero-order valence-electron chi connectivity index (χ0n) is 12.0. The SMILES string of the molecule is Cc1ccccc1C1C(C)CC2C=CC=CC2=[N+]1C. The summed E-state index contributed by atoms with van der Waals surface area (Å²) >= 11 is 0. The normalized spacial score (nSPS) is 29.5. The first-order valence-corrected chi connectivity index (χ1v) is 7.18. The van der Waals surface area contributed by atoms with Crippen LogP contribution in [0.3, 0.4) is 0 Å². The number of fused-ring (bicyclic) bond motifs is 1. The van der Waals surface area contributed by atoms with E-state index >= 15 is 0 Å². The molecule has 1 aliphatic heterocycles. The molecule has 1 aliphatic carbocycles. The maximum absolute atomic E-state index is 2.49. The molecule has 0 spiro atoms. The van der Waals surface area contributed by atoms with Crippen LogP contribution in [0.4, 0.5) is 0 Å². The van der Waals surface area contributed by atoms with Crippen molar-refractivity contribution in [2.75, 3.05) is 7.05 Å². The zero-order chi connectivity index (χ0) is 13.4. The van der Waals surface area contributed by atoms with Crippen LogP contribution in [0.5, 0.6) is 0 Å². The molecule has 19 heavy (non-hydrogen) atoms. The Balaban J connectivity index is 2.09. The molecule has 0 fully saturated rings. The summed E-state index contributed by atoms with van der Waals surface area (Å²) in [7, 11) is 2.25. The van der Waals surface area contributed by atoms with Gasteiger partial charge < -0.3 is 0 Å². The molecule has 1 heteroatoms. The third-order valence-electron chi connectivity index (χ3n) is 4.60. The lowest BCUT2D eigenvalue weighted by atomic mass is 9.78. The van der Waals surface area contributed by atoms with Crippen molar-refractivity contribution in [3.63, 3.8) is 0 Å². The molecule has 0 amide bonds. The van der Waals surface area contributed by atoms with Gasteiger partial charge in [0, 0.05) is 17.6 Å². The van der Waals surface area contributed by atoms with Crippen LogP contribution in [0.2, 0.25) is 0 Å². The Labute approximate surface area is 116 Å². The van der Waals surface area contributed by atoms with Gasteiger partial charge in [0.2, 0.25) is 0 Å². The molecule has 1 aromatic rings. The highest BCUT2D eigenvalue weighted by Crippen LogP contribution is 2.37. The number of hydrogen-bond donors (Lipinski definition) is 0. The highest BCUT2D eigenvalue weighted by atomic mass is 15.0. The average Bonchev–Trinajstić information content (AvgIpc) is 2.41. The minimum Gasteiger partial charge on any atom is -0.228 e. The second-order valence-electron chi connectivity index (χ2n) is 5.90.